The summed E-state index contributed by atoms with van der Waals surface area (Å²) in [6, 6.07) is 24.8. The fourth-order valence-electron chi connectivity index (χ4n) is 6.09. The SMILES string of the molecule is CCOCCOCCOCCN(C)CCCNc1nc(CN2CCN(C(c3ccc(Cl)cc3)c3ccc(Cl)cc3)CC2)nc2ccccc12. The Balaban J connectivity index is 1.10. The van der Waals surface area contributed by atoms with Crippen LogP contribution in [0.1, 0.15) is 36.3 Å². The Morgan fingerprint density at radius 1 is 0.755 bits per heavy atom. The van der Waals surface area contributed by atoms with Crippen molar-refractivity contribution in [1.82, 2.24) is 24.7 Å². The Morgan fingerprint density at radius 2 is 1.37 bits per heavy atom. The van der Waals surface area contributed by atoms with E-state index in [0.29, 0.717) is 39.6 Å². The maximum absolute atomic E-state index is 6.24. The molecule has 264 valence electrons. The highest BCUT2D eigenvalue weighted by molar-refractivity contribution is 6.30. The lowest BCUT2D eigenvalue weighted by atomic mass is 9.96. The minimum atomic E-state index is 0.131. The van der Waals surface area contributed by atoms with Gasteiger partial charge in [-0.05, 0) is 74.5 Å². The third kappa shape index (κ3) is 11.9. The van der Waals surface area contributed by atoms with Crippen LogP contribution >= 0.6 is 23.2 Å². The molecule has 0 bridgehead atoms. The quantitative estimate of drug-likeness (QED) is 0.102. The standard InChI is InChI=1S/C38H50Cl2N6O3/c1-3-47-25-26-49-28-27-48-24-23-44(2)18-6-17-41-38-34-7-4-5-8-35(34)42-36(43-38)29-45-19-21-46(22-20-45)37(30-9-13-32(39)14-10-30)31-11-15-33(40)16-12-31/h4-5,7-16,37H,3,6,17-29H2,1-2H3,(H,41,42,43). The van der Waals surface area contributed by atoms with E-state index < -0.39 is 0 Å². The molecular formula is C38H50Cl2N6O3. The molecule has 0 atom stereocenters. The molecule has 0 aliphatic carbocycles. The topological polar surface area (TPSA) is 75.2 Å². The summed E-state index contributed by atoms with van der Waals surface area (Å²) >= 11 is 12.5. The number of nitrogens with zero attached hydrogens (tertiary/aromatic N) is 5. The normalized spacial score (nSPS) is 14.3. The number of halogens is 2. The number of hydrogen-bond acceptors (Lipinski definition) is 9. The molecule has 0 saturated carbocycles. The number of likely N-dealkylation sites (N-methyl/N-ethyl adjacent to an activating group) is 1. The van der Waals surface area contributed by atoms with Gasteiger partial charge in [-0.2, -0.15) is 0 Å². The Labute approximate surface area is 301 Å². The molecule has 3 aromatic carbocycles. The van der Waals surface area contributed by atoms with Gasteiger partial charge in [0.1, 0.15) is 11.6 Å². The molecule has 0 radical (unpaired) electrons. The van der Waals surface area contributed by atoms with Gasteiger partial charge in [-0.3, -0.25) is 9.80 Å². The molecule has 49 heavy (non-hydrogen) atoms. The van der Waals surface area contributed by atoms with Crippen molar-refractivity contribution in [2.45, 2.75) is 25.9 Å². The molecule has 1 aromatic heterocycles. The van der Waals surface area contributed by atoms with E-state index in [9.17, 15) is 0 Å². The van der Waals surface area contributed by atoms with Crippen molar-refractivity contribution in [1.29, 1.82) is 0 Å². The van der Waals surface area contributed by atoms with E-state index in [0.717, 1.165) is 91.4 Å². The molecule has 5 rings (SSSR count). The highest BCUT2D eigenvalue weighted by Gasteiger charge is 2.27. The van der Waals surface area contributed by atoms with Gasteiger partial charge in [-0.15, -0.1) is 0 Å². The fraction of sp³-hybridized carbons (Fsp3) is 0.474. The zero-order valence-corrected chi connectivity index (χ0v) is 30.3. The molecule has 1 aliphatic heterocycles. The van der Waals surface area contributed by atoms with Crippen LogP contribution in [0.2, 0.25) is 10.0 Å². The summed E-state index contributed by atoms with van der Waals surface area (Å²) in [5, 5.41) is 6.15. The minimum Gasteiger partial charge on any atom is -0.379 e. The molecular weight excluding hydrogens is 659 g/mol. The largest absolute Gasteiger partial charge is 0.379 e. The van der Waals surface area contributed by atoms with Gasteiger partial charge in [0.05, 0.1) is 51.1 Å². The van der Waals surface area contributed by atoms with Gasteiger partial charge in [0.25, 0.3) is 0 Å². The van der Waals surface area contributed by atoms with Crippen LogP contribution in [0.15, 0.2) is 72.8 Å². The van der Waals surface area contributed by atoms with E-state index in [4.69, 9.17) is 47.4 Å². The Morgan fingerprint density at radius 3 is 2.02 bits per heavy atom. The second-order valence-electron chi connectivity index (χ2n) is 12.3. The predicted octanol–water partition coefficient (Wildman–Crippen LogP) is 6.65. The van der Waals surface area contributed by atoms with E-state index in [1.165, 1.54) is 11.1 Å². The first-order valence-electron chi connectivity index (χ1n) is 17.4. The van der Waals surface area contributed by atoms with Gasteiger partial charge < -0.3 is 24.4 Å². The first-order valence-corrected chi connectivity index (χ1v) is 18.1. The second kappa shape index (κ2) is 20.1. The van der Waals surface area contributed by atoms with Gasteiger partial charge in [-0.25, -0.2) is 9.97 Å². The van der Waals surface area contributed by atoms with E-state index in [1.807, 2.05) is 43.3 Å². The summed E-state index contributed by atoms with van der Waals surface area (Å²) in [6.07, 6.45) is 0.995. The molecule has 1 fully saturated rings. The van der Waals surface area contributed by atoms with Crippen molar-refractivity contribution in [2.24, 2.45) is 0 Å². The highest BCUT2D eigenvalue weighted by atomic mass is 35.5. The number of benzene rings is 3. The smallest absolute Gasteiger partial charge is 0.145 e. The fourth-order valence-corrected chi connectivity index (χ4v) is 6.34. The summed E-state index contributed by atoms with van der Waals surface area (Å²) < 4.78 is 16.5. The van der Waals surface area contributed by atoms with Gasteiger partial charge in [0, 0.05) is 61.3 Å². The van der Waals surface area contributed by atoms with Gasteiger partial charge >= 0.3 is 0 Å². The molecule has 1 saturated heterocycles. The highest BCUT2D eigenvalue weighted by Crippen LogP contribution is 2.31. The number of rotatable bonds is 20. The Hall–Kier alpha value is -2.86. The summed E-state index contributed by atoms with van der Waals surface area (Å²) in [5.74, 6) is 1.75. The first-order chi connectivity index (χ1) is 24.0. The van der Waals surface area contributed by atoms with Gasteiger partial charge in [0.15, 0.2) is 0 Å². The monoisotopic (exact) mass is 708 g/mol. The molecule has 11 heteroatoms. The summed E-state index contributed by atoms with van der Waals surface area (Å²) in [6.45, 7) is 12.9. The Kier molecular flexibility index (Phi) is 15.3. The molecule has 4 aromatic rings. The van der Waals surface area contributed by atoms with Crippen LogP contribution in [-0.2, 0) is 20.8 Å². The molecule has 0 unspecified atom stereocenters. The molecule has 0 spiro atoms. The van der Waals surface area contributed by atoms with Crippen molar-refractivity contribution in [3.05, 3.63) is 99.8 Å². The summed E-state index contributed by atoms with van der Waals surface area (Å²) in [5.41, 5.74) is 3.42. The third-order valence-electron chi connectivity index (χ3n) is 8.73. The molecule has 1 aliphatic rings. The van der Waals surface area contributed by atoms with Gasteiger partial charge in [-0.1, -0.05) is 59.6 Å². The van der Waals surface area contributed by atoms with Crippen LogP contribution in [0.5, 0.6) is 0 Å². The molecule has 0 amide bonds. The van der Waals surface area contributed by atoms with Crippen molar-refractivity contribution in [2.75, 3.05) is 97.8 Å². The van der Waals surface area contributed by atoms with E-state index in [-0.39, 0.29) is 6.04 Å². The predicted molar refractivity (Wildman–Crippen MR) is 200 cm³/mol. The molecule has 1 N–H and O–H groups in total. The number of ether oxygens (including phenoxy) is 3. The van der Waals surface area contributed by atoms with Crippen LogP contribution in [0.3, 0.4) is 0 Å². The first kappa shape index (κ1) is 37.4. The maximum Gasteiger partial charge on any atom is 0.145 e. The number of aromatic nitrogens is 2. The average Bonchev–Trinajstić information content (AvgIpc) is 3.12. The molecule has 9 nitrogen and oxygen atoms in total. The average molecular weight is 710 g/mol. The minimum absolute atomic E-state index is 0.131. The maximum atomic E-state index is 6.24. The van der Waals surface area contributed by atoms with Crippen LogP contribution < -0.4 is 5.32 Å². The summed E-state index contributed by atoms with van der Waals surface area (Å²) in [4.78, 5) is 17.3. The zero-order valence-electron chi connectivity index (χ0n) is 28.8. The van der Waals surface area contributed by atoms with Crippen LogP contribution in [-0.4, -0.2) is 117 Å². The van der Waals surface area contributed by atoms with Crippen LogP contribution in [0, 0.1) is 0 Å². The zero-order chi connectivity index (χ0) is 34.3. The number of nitrogens with one attached hydrogen (secondary N) is 1. The lowest BCUT2D eigenvalue weighted by Crippen LogP contribution is -2.47. The van der Waals surface area contributed by atoms with Gasteiger partial charge in [0.2, 0.25) is 0 Å². The van der Waals surface area contributed by atoms with Crippen LogP contribution in [0.4, 0.5) is 5.82 Å². The van der Waals surface area contributed by atoms with Crippen molar-refractivity contribution in [3.8, 4) is 0 Å². The lowest BCUT2D eigenvalue weighted by molar-refractivity contribution is 0.0138. The molecule has 2 heterocycles. The van der Waals surface area contributed by atoms with Crippen molar-refractivity contribution < 1.29 is 14.2 Å². The number of anilines is 1. The van der Waals surface area contributed by atoms with E-state index in [1.54, 1.807) is 0 Å². The lowest BCUT2D eigenvalue weighted by Gasteiger charge is -2.39. The van der Waals surface area contributed by atoms with E-state index in [2.05, 4.69) is 63.5 Å². The van der Waals surface area contributed by atoms with Crippen LogP contribution in [0.25, 0.3) is 10.9 Å². The van der Waals surface area contributed by atoms with Crippen molar-refractivity contribution >= 4 is 39.9 Å². The third-order valence-corrected chi connectivity index (χ3v) is 9.24. The summed E-state index contributed by atoms with van der Waals surface area (Å²) in [7, 11) is 2.13. The number of piperazine rings is 1. The van der Waals surface area contributed by atoms with E-state index >= 15 is 0 Å². The van der Waals surface area contributed by atoms with Crippen molar-refractivity contribution in [3.63, 3.8) is 0 Å². The number of fused-ring (bicyclic) bond motifs is 1. The number of para-hydroxylation sites is 1. The number of hydrogen-bond donors (Lipinski definition) is 1. The Bertz CT molecular complexity index is 1490. The second-order valence-corrected chi connectivity index (χ2v) is 13.2.